The Kier molecular flexibility index (Phi) is 4.23. The minimum absolute atomic E-state index is 0.119. The number of halogens is 1. The molecule has 0 aliphatic heterocycles. The van der Waals surface area contributed by atoms with E-state index < -0.39 is 21.7 Å². The number of amides is 1. The summed E-state index contributed by atoms with van der Waals surface area (Å²) in [7, 11) is -3.48. The van der Waals surface area contributed by atoms with E-state index in [0.717, 1.165) is 6.26 Å². The third kappa shape index (κ3) is 4.03. The molecule has 0 radical (unpaired) electrons. The van der Waals surface area contributed by atoms with Crippen LogP contribution in [0.15, 0.2) is 48.5 Å². The number of carbonyl (C=O) groups excluding carboxylic acids is 1. The van der Waals surface area contributed by atoms with Crippen LogP contribution in [0.1, 0.15) is 10.4 Å². The van der Waals surface area contributed by atoms with Crippen molar-refractivity contribution in [1.82, 2.24) is 0 Å². The lowest BCUT2D eigenvalue weighted by atomic mass is 10.2. The predicted molar refractivity (Wildman–Crippen MR) is 79.3 cm³/mol. The van der Waals surface area contributed by atoms with Crippen LogP contribution in [0.25, 0.3) is 0 Å². The van der Waals surface area contributed by atoms with Crippen molar-refractivity contribution in [3.05, 3.63) is 59.9 Å². The second-order valence-corrected chi connectivity index (χ2v) is 6.10. The third-order valence-electron chi connectivity index (χ3n) is 2.59. The van der Waals surface area contributed by atoms with Gasteiger partial charge in [0.1, 0.15) is 5.82 Å². The van der Waals surface area contributed by atoms with E-state index in [-0.39, 0.29) is 16.9 Å². The van der Waals surface area contributed by atoms with Crippen molar-refractivity contribution in [1.29, 1.82) is 0 Å². The molecule has 2 aromatic rings. The van der Waals surface area contributed by atoms with E-state index in [0.29, 0.717) is 0 Å². The van der Waals surface area contributed by atoms with Crippen molar-refractivity contribution in [2.45, 2.75) is 0 Å². The smallest absolute Gasteiger partial charge is 0.258 e. The summed E-state index contributed by atoms with van der Waals surface area (Å²) >= 11 is 0. The molecule has 0 aliphatic carbocycles. The van der Waals surface area contributed by atoms with Gasteiger partial charge in [0.25, 0.3) is 5.91 Å². The third-order valence-corrected chi connectivity index (χ3v) is 3.18. The average Bonchev–Trinajstić information content (AvgIpc) is 2.40. The highest BCUT2D eigenvalue weighted by atomic mass is 32.2. The van der Waals surface area contributed by atoms with Gasteiger partial charge in [0.2, 0.25) is 10.0 Å². The Labute approximate surface area is 121 Å². The Bertz CT molecular complexity index is 775. The molecule has 0 fully saturated rings. The van der Waals surface area contributed by atoms with Crippen LogP contribution < -0.4 is 10.0 Å². The summed E-state index contributed by atoms with van der Waals surface area (Å²) in [5, 5.41) is 2.48. The van der Waals surface area contributed by atoms with Gasteiger partial charge in [-0.1, -0.05) is 24.3 Å². The molecule has 0 unspecified atom stereocenters. The molecule has 5 nitrogen and oxygen atoms in total. The molecule has 21 heavy (non-hydrogen) atoms. The number of carbonyl (C=O) groups is 1. The van der Waals surface area contributed by atoms with Crippen LogP contribution in [0.5, 0.6) is 0 Å². The molecule has 0 aromatic heterocycles. The summed E-state index contributed by atoms with van der Waals surface area (Å²) in [6.07, 6.45) is 1.00. The number of rotatable bonds is 4. The Morgan fingerprint density at radius 1 is 1.00 bits per heavy atom. The van der Waals surface area contributed by atoms with Crippen LogP contribution in [0.3, 0.4) is 0 Å². The van der Waals surface area contributed by atoms with Crippen molar-refractivity contribution < 1.29 is 17.6 Å². The second-order valence-electron chi connectivity index (χ2n) is 4.35. The van der Waals surface area contributed by atoms with Gasteiger partial charge in [-0.15, -0.1) is 0 Å². The van der Waals surface area contributed by atoms with Crippen LogP contribution in [0, 0.1) is 5.82 Å². The minimum Gasteiger partial charge on any atom is -0.320 e. The van der Waals surface area contributed by atoms with E-state index >= 15 is 0 Å². The number of benzene rings is 2. The van der Waals surface area contributed by atoms with Gasteiger partial charge in [0.05, 0.1) is 23.2 Å². The van der Waals surface area contributed by atoms with Gasteiger partial charge in [-0.05, 0) is 24.3 Å². The lowest BCUT2D eigenvalue weighted by molar-refractivity contribution is 0.102. The number of nitrogens with one attached hydrogen (secondary N) is 2. The highest BCUT2D eigenvalue weighted by Crippen LogP contribution is 2.23. The first kappa shape index (κ1) is 15.0. The van der Waals surface area contributed by atoms with E-state index in [2.05, 4.69) is 10.0 Å². The molecule has 2 aromatic carbocycles. The van der Waals surface area contributed by atoms with Crippen molar-refractivity contribution >= 4 is 27.3 Å². The monoisotopic (exact) mass is 308 g/mol. The Morgan fingerprint density at radius 2 is 1.57 bits per heavy atom. The van der Waals surface area contributed by atoms with E-state index in [1.165, 1.54) is 30.3 Å². The summed E-state index contributed by atoms with van der Waals surface area (Å²) in [4.78, 5) is 12.0. The number of anilines is 2. The van der Waals surface area contributed by atoms with Gasteiger partial charge >= 0.3 is 0 Å². The molecule has 0 spiro atoms. The van der Waals surface area contributed by atoms with Crippen LogP contribution in [-0.4, -0.2) is 20.6 Å². The number of para-hydroxylation sites is 2. The first-order valence-electron chi connectivity index (χ1n) is 5.99. The summed E-state index contributed by atoms with van der Waals surface area (Å²) in [6.45, 7) is 0. The Hall–Kier alpha value is -2.41. The van der Waals surface area contributed by atoms with Crippen molar-refractivity contribution in [3.8, 4) is 0 Å². The molecule has 110 valence electrons. The van der Waals surface area contributed by atoms with E-state index in [9.17, 15) is 17.6 Å². The largest absolute Gasteiger partial charge is 0.320 e. The van der Waals surface area contributed by atoms with Gasteiger partial charge in [-0.2, -0.15) is 0 Å². The highest BCUT2D eigenvalue weighted by molar-refractivity contribution is 7.92. The zero-order chi connectivity index (χ0) is 15.5. The van der Waals surface area contributed by atoms with Crippen LogP contribution in [0.4, 0.5) is 15.8 Å². The van der Waals surface area contributed by atoms with Gasteiger partial charge in [-0.25, -0.2) is 12.8 Å². The molecular formula is C14H13FN2O3S. The first-order chi connectivity index (χ1) is 9.87. The number of sulfonamides is 1. The van der Waals surface area contributed by atoms with E-state index in [1.54, 1.807) is 18.2 Å². The fourth-order valence-corrected chi connectivity index (χ4v) is 2.29. The lowest BCUT2D eigenvalue weighted by Crippen LogP contribution is -2.16. The maximum atomic E-state index is 13.5. The SMILES string of the molecule is CS(=O)(=O)Nc1ccccc1NC(=O)c1ccccc1F. The molecule has 2 rings (SSSR count). The normalized spacial score (nSPS) is 11.0. The van der Waals surface area contributed by atoms with Gasteiger partial charge in [0.15, 0.2) is 0 Å². The summed E-state index contributed by atoms with van der Waals surface area (Å²) in [6, 6.07) is 11.8. The van der Waals surface area contributed by atoms with Crippen LogP contribution >= 0.6 is 0 Å². The van der Waals surface area contributed by atoms with Gasteiger partial charge < -0.3 is 5.32 Å². The molecule has 0 aliphatic rings. The van der Waals surface area contributed by atoms with Crippen LogP contribution in [-0.2, 0) is 10.0 Å². The van der Waals surface area contributed by atoms with Gasteiger partial charge in [0, 0.05) is 0 Å². The topological polar surface area (TPSA) is 75.3 Å². The molecular weight excluding hydrogens is 295 g/mol. The van der Waals surface area contributed by atoms with Crippen molar-refractivity contribution in [2.75, 3.05) is 16.3 Å². The summed E-state index contributed by atoms with van der Waals surface area (Å²) in [5.74, 6) is -1.31. The van der Waals surface area contributed by atoms with Crippen molar-refractivity contribution in [2.24, 2.45) is 0 Å². The Balaban J connectivity index is 2.28. The van der Waals surface area contributed by atoms with E-state index in [4.69, 9.17) is 0 Å². The standard InChI is InChI=1S/C14H13FN2O3S/c1-21(19,20)17-13-9-5-4-8-12(13)16-14(18)10-6-2-3-7-11(10)15/h2-9,17H,1H3,(H,16,18). The second kappa shape index (κ2) is 5.92. The maximum Gasteiger partial charge on any atom is 0.258 e. The highest BCUT2D eigenvalue weighted by Gasteiger charge is 2.14. The fraction of sp³-hybridized carbons (Fsp3) is 0.0714. The molecule has 0 saturated heterocycles. The molecule has 0 atom stereocenters. The minimum atomic E-state index is -3.48. The molecule has 2 N–H and O–H groups in total. The zero-order valence-corrected chi connectivity index (χ0v) is 11.9. The van der Waals surface area contributed by atoms with E-state index in [1.807, 2.05) is 0 Å². The van der Waals surface area contributed by atoms with Crippen LogP contribution in [0.2, 0.25) is 0 Å². The maximum absolute atomic E-state index is 13.5. The van der Waals surface area contributed by atoms with Gasteiger partial charge in [-0.3, -0.25) is 9.52 Å². The molecule has 7 heteroatoms. The molecule has 0 heterocycles. The number of hydrogen-bond donors (Lipinski definition) is 2. The molecule has 0 bridgehead atoms. The zero-order valence-electron chi connectivity index (χ0n) is 11.1. The van der Waals surface area contributed by atoms with Crippen molar-refractivity contribution in [3.63, 3.8) is 0 Å². The summed E-state index contributed by atoms with van der Waals surface area (Å²) in [5.41, 5.74) is 0.340. The summed E-state index contributed by atoms with van der Waals surface area (Å²) < 4.78 is 38.4. The average molecular weight is 308 g/mol. The fourth-order valence-electron chi connectivity index (χ4n) is 1.72. The molecule has 1 amide bonds. The molecule has 0 saturated carbocycles. The number of hydrogen-bond acceptors (Lipinski definition) is 3. The predicted octanol–water partition coefficient (Wildman–Crippen LogP) is 2.45. The lowest BCUT2D eigenvalue weighted by Gasteiger charge is -2.12. The quantitative estimate of drug-likeness (QED) is 0.911. The Morgan fingerprint density at radius 3 is 2.19 bits per heavy atom. The first-order valence-corrected chi connectivity index (χ1v) is 7.88.